The summed E-state index contributed by atoms with van der Waals surface area (Å²) in [5.41, 5.74) is -0.0892. The van der Waals surface area contributed by atoms with Gasteiger partial charge in [-0.3, -0.25) is 4.90 Å². The average molecular weight is 339 g/mol. The molecule has 0 saturated heterocycles. The average Bonchev–Trinajstić information content (AvgIpc) is 2.46. The summed E-state index contributed by atoms with van der Waals surface area (Å²) < 4.78 is 5.29. The molecule has 1 rings (SSSR count). The molecule has 1 amide bonds. The van der Waals surface area contributed by atoms with Gasteiger partial charge in [-0.1, -0.05) is 12.1 Å². The molecule has 0 radical (unpaired) electrons. The molecule has 134 valence electrons. The number of carbonyl (C=O) groups is 2. The Bertz CT molecular complexity index is 549. The van der Waals surface area contributed by atoms with Crippen molar-refractivity contribution in [2.24, 2.45) is 0 Å². The van der Waals surface area contributed by atoms with E-state index in [-0.39, 0.29) is 31.7 Å². The van der Waals surface area contributed by atoms with Gasteiger partial charge in [0.05, 0.1) is 0 Å². The number of aliphatic carboxylic acids is 1. The van der Waals surface area contributed by atoms with Crippen molar-refractivity contribution < 1.29 is 29.6 Å². The number of phenolic OH excluding ortho intramolecular Hbond substituents is 1. The summed E-state index contributed by atoms with van der Waals surface area (Å²) in [5, 5.41) is 27.9. The molecule has 7 heteroatoms. The van der Waals surface area contributed by atoms with Crippen molar-refractivity contribution in [3.05, 3.63) is 29.8 Å². The highest BCUT2D eigenvalue weighted by Crippen LogP contribution is 2.17. The highest BCUT2D eigenvalue weighted by atomic mass is 16.6. The van der Waals surface area contributed by atoms with E-state index >= 15 is 0 Å². The Morgan fingerprint density at radius 1 is 1.21 bits per heavy atom. The fraction of sp³-hybridized carbons (Fsp3) is 0.529. The number of amides is 1. The maximum absolute atomic E-state index is 12.4. The van der Waals surface area contributed by atoms with E-state index in [1.54, 1.807) is 32.9 Å². The number of hydrogen-bond donors (Lipinski definition) is 3. The quantitative estimate of drug-likeness (QED) is 0.701. The standard InChI is InChI=1S/C17H25NO6/c1-17(2,3)24-16(23)18(9-4-10-19)14(15(21)22)11-12-5-7-13(20)8-6-12/h5-8,14,19-20H,4,9-11H2,1-3H3,(H,21,22)/t14-/m0/s1. The number of aromatic hydroxyl groups is 1. The number of nitrogens with zero attached hydrogens (tertiary/aromatic N) is 1. The third kappa shape index (κ3) is 6.45. The monoisotopic (exact) mass is 339 g/mol. The van der Waals surface area contributed by atoms with Crippen molar-refractivity contribution in [2.75, 3.05) is 13.2 Å². The van der Waals surface area contributed by atoms with Crippen LogP contribution in [0, 0.1) is 0 Å². The molecule has 1 aromatic carbocycles. The Labute approximate surface area is 141 Å². The van der Waals surface area contributed by atoms with Gasteiger partial charge in [0.2, 0.25) is 0 Å². The molecule has 0 aliphatic rings. The molecule has 0 saturated carbocycles. The number of phenols is 1. The molecule has 0 aliphatic heterocycles. The van der Waals surface area contributed by atoms with E-state index in [4.69, 9.17) is 9.84 Å². The Morgan fingerprint density at radius 2 is 1.79 bits per heavy atom. The number of benzene rings is 1. The fourth-order valence-electron chi connectivity index (χ4n) is 2.12. The summed E-state index contributed by atoms with van der Waals surface area (Å²) in [4.78, 5) is 25.2. The van der Waals surface area contributed by atoms with Gasteiger partial charge in [0.15, 0.2) is 0 Å². The predicted molar refractivity (Wildman–Crippen MR) is 87.9 cm³/mol. The lowest BCUT2D eigenvalue weighted by atomic mass is 10.0. The summed E-state index contributed by atoms with van der Waals surface area (Å²) in [6, 6.07) is 4.99. The molecule has 0 bridgehead atoms. The van der Waals surface area contributed by atoms with Crippen molar-refractivity contribution in [1.29, 1.82) is 0 Å². The van der Waals surface area contributed by atoms with E-state index in [9.17, 15) is 19.8 Å². The number of aliphatic hydroxyl groups excluding tert-OH is 1. The van der Waals surface area contributed by atoms with Gasteiger partial charge in [0.1, 0.15) is 17.4 Å². The molecule has 1 atom stereocenters. The van der Waals surface area contributed by atoms with E-state index in [2.05, 4.69) is 0 Å². The second kappa shape index (κ2) is 8.54. The Hall–Kier alpha value is -2.28. The Balaban J connectivity index is 3.00. The second-order valence-corrected chi connectivity index (χ2v) is 6.48. The second-order valence-electron chi connectivity index (χ2n) is 6.48. The molecule has 24 heavy (non-hydrogen) atoms. The van der Waals surface area contributed by atoms with Crippen molar-refractivity contribution in [1.82, 2.24) is 4.90 Å². The number of rotatable bonds is 7. The number of carboxylic acids is 1. The van der Waals surface area contributed by atoms with Gasteiger partial charge >= 0.3 is 12.1 Å². The largest absolute Gasteiger partial charge is 0.508 e. The van der Waals surface area contributed by atoms with Crippen LogP contribution in [0.25, 0.3) is 0 Å². The van der Waals surface area contributed by atoms with Crippen LogP contribution in [0.2, 0.25) is 0 Å². The molecule has 0 aliphatic carbocycles. The first-order chi connectivity index (χ1) is 11.1. The minimum Gasteiger partial charge on any atom is -0.508 e. The molecule has 3 N–H and O–H groups in total. The fourth-order valence-corrected chi connectivity index (χ4v) is 2.12. The van der Waals surface area contributed by atoms with Crippen LogP contribution in [0.3, 0.4) is 0 Å². The summed E-state index contributed by atoms with van der Waals surface area (Å²) >= 11 is 0. The molecule has 0 unspecified atom stereocenters. The molecular weight excluding hydrogens is 314 g/mol. The van der Waals surface area contributed by atoms with Gasteiger partial charge in [-0.25, -0.2) is 9.59 Å². The maximum atomic E-state index is 12.4. The van der Waals surface area contributed by atoms with Gasteiger partial charge in [0, 0.05) is 19.6 Å². The van der Waals surface area contributed by atoms with Gasteiger partial charge in [-0.05, 0) is 44.9 Å². The van der Waals surface area contributed by atoms with E-state index in [1.807, 2.05) is 0 Å². The first-order valence-electron chi connectivity index (χ1n) is 7.75. The highest BCUT2D eigenvalue weighted by Gasteiger charge is 2.32. The Morgan fingerprint density at radius 3 is 2.25 bits per heavy atom. The first-order valence-corrected chi connectivity index (χ1v) is 7.75. The topological polar surface area (TPSA) is 107 Å². The maximum Gasteiger partial charge on any atom is 0.411 e. The van der Waals surface area contributed by atoms with E-state index in [0.717, 1.165) is 4.90 Å². The van der Waals surface area contributed by atoms with E-state index in [1.165, 1.54) is 12.1 Å². The van der Waals surface area contributed by atoms with Gasteiger partial charge < -0.3 is 20.1 Å². The lowest BCUT2D eigenvalue weighted by Gasteiger charge is -2.31. The van der Waals surface area contributed by atoms with Gasteiger partial charge in [-0.15, -0.1) is 0 Å². The van der Waals surface area contributed by atoms with Crippen LogP contribution in [0.1, 0.15) is 32.8 Å². The minimum atomic E-state index is -1.16. The van der Waals surface area contributed by atoms with Crippen LogP contribution in [0.5, 0.6) is 5.75 Å². The van der Waals surface area contributed by atoms with E-state index < -0.39 is 23.7 Å². The first kappa shape index (κ1) is 19.8. The third-order valence-electron chi connectivity index (χ3n) is 3.21. The summed E-state index contributed by atoms with van der Waals surface area (Å²) in [6.45, 7) is 5.01. The molecule has 1 aromatic rings. The number of carbonyl (C=O) groups excluding carboxylic acids is 1. The van der Waals surface area contributed by atoms with Gasteiger partial charge in [0.25, 0.3) is 0 Å². The molecule has 7 nitrogen and oxygen atoms in total. The van der Waals surface area contributed by atoms with Crippen LogP contribution < -0.4 is 0 Å². The van der Waals surface area contributed by atoms with Crippen LogP contribution in [-0.2, 0) is 16.0 Å². The normalized spacial score (nSPS) is 12.5. The van der Waals surface area contributed by atoms with E-state index in [0.29, 0.717) is 5.56 Å². The Kier molecular flexibility index (Phi) is 7.03. The van der Waals surface area contributed by atoms with Crippen LogP contribution in [-0.4, -0.2) is 57.1 Å². The van der Waals surface area contributed by atoms with Crippen molar-refractivity contribution in [3.8, 4) is 5.75 Å². The van der Waals surface area contributed by atoms with Gasteiger partial charge in [-0.2, -0.15) is 0 Å². The summed E-state index contributed by atoms with van der Waals surface area (Å²) in [5.74, 6) is -1.08. The van der Waals surface area contributed by atoms with Crippen molar-refractivity contribution in [2.45, 2.75) is 45.3 Å². The minimum absolute atomic E-state index is 0.0697. The number of hydrogen-bond acceptors (Lipinski definition) is 5. The third-order valence-corrected chi connectivity index (χ3v) is 3.21. The zero-order valence-corrected chi connectivity index (χ0v) is 14.2. The highest BCUT2D eigenvalue weighted by molar-refractivity contribution is 5.80. The molecule has 0 fully saturated rings. The zero-order valence-electron chi connectivity index (χ0n) is 14.2. The van der Waals surface area contributed by atoms with Crippen molar-refractivity contribution in [3.63, 3.8) is 0 Å². The molecule has 0 heterocycles. The number of aliphatic hydroxyl groups is 1. The van der Waals surface area contributed by atoms with Crippen LogP contribution in [0.4, 0.5) is 4.79 Å². The SMILES string of the molecule is CC(C)(C)OC(=O)N(CCCO)[C@@H](Cc1ccc(O)cc1)C(=O)O. The number of carboxylic acid groups (broad SMARTS) is 1. The summed E-state index contributed by atoms with van der Waals surface area (Å²) in [6.07, 6.45) is -0.416. The smallest absolute Gasteiger partial charge is 0.411 e. The lowest BCUT2D eigenvalue weighted by Crippen LogP contribution is -2.49. The van der Waals surface area contributed by atoms with Crippen LogP contribution in [0.15, 0.2) is 24.3 Å². The van der Waals surface area contributed by atoms with Crippen LogP contribution >= 0.6 is 0 Å². The van der Waals surface area contributed by atoms with Crippen molar-refractivity contribution >= 4 is 12.1 Å². The molecular formula is C17H25NO6. The lowest BCUT2D eigenvalue weighted by molar-refractivity contribution is -0.143. The number of ether oxygens (including phenoxy) is 1. The zero-order chi connectivity index (χ0) is 18.3. The molecule has 0 aromatic heterocycles. The summed E-state index contributed by atoms with van der Waals surface area (Å²) in [7, 11) is 0. The predicted octanol–water partition coefficient (Wildman–Crippen LogP) is 2.01. The molecule has 0 spiro atoms.